The van der Waals surface area contributed by atoms with Gasteiger partial charge in [-0.1, -0.05) is 11.6 Å². The second-order valence-corrected chi connectivity index (χ2v) is 6.26. The standard InChI is InChI=1S/C15H10ClF3N2OS/c1-21-11-4-5-23-13(11)7-12(21)14(22)20-8-2-3-10(16)9(6-8)15(17,18)19/h2-7H,1H3,(H,20,22). The Kier molecular flexibility index (Phi) is 3.85. The van der Waals surface area contributed by atoms with Crippen LogP contribution in [0.1, 0.15) is 16.1 Å². The first-order valence-electron chi connectivity index (χ1n) is 6.48. The van der Waals surface area contributed by atoms with Gasteiger partial charge in [-0.2, -0.15) is 13.2 Å². The van der Waals surface area contributed by atoms with E-state index in [1.165, 1.54) is 17.4 Å². The fourth-order valence-electron chi connectivity index (χ4n) is 2.28. The zero-order valence-corrected chi connectivity index (χ0v) is 13.3. The number of carbonyl (C=O) groups excluding carboxylic acids is 1. The zero-order valence-electron chi connectivity index (χ0n) is 11.7. The van der Waals surface area contributed by atoms with E-state index in [2.05, 4.69) is 5.32 Å². The number of halogens is 4. The van der Waals surface area contributed by atoms with E-state index in [0.717, 1.165) is 22.3 Å². The van der Waals surface area contributed by atoms with Gasteiger partial charge in [0.1, 0.15) is 5.69 Å². The summed E-state index contributed by atoms with van der Waals surface area (Å²) in [4.78, 5) is 12.3. The number of hydrogen-bond donors (Lipinski definition) is 1. The van der Waals surface area contributed by atoms with Gasteiger partial charge in [0.25, 0.3) is 5.91 Å². The number of thiophene rings is 1. The van der Waals surface area contributed by atoms with Gasteiger partial charge in [0, 0.05) is 12.7 Å². The fourth-order valence-corrected chi connectivity index (χ4v) is 3.36. The van der Waals surface area contributed by atoms with E-state index in [0.29, 0.717) is 5.69 Å². The minimum atomic E-state index is -4.58. The fraction of sp³-hybridized carbons (Fsp3) is 0.133. The third-order valence-corrected chi connectivity index (χ3v) is 4.61. The van der Waals surface area contributed by atoms with E-state index in [-0.39, 0.29) is 5.69 Å². The van der Waals surface area contributed by atoms with E-state index >= 15 is 0 Å². The molecule has 0 aliphatic heterocycles. The van der Waals surface area contributed by atoms with Crippen LogP contribution in [-0.4, -0.2) is 10.5 Å². The quantitative estimate of drug-likeness (QED) is 0.674. The number of nitrogens with one attached hydrogen (secondary N) is 1. The lowest BCUT2D eigenvalue weighted by atomic mass is 10.2. The molecule has 0 fully saturated rings. The number of alkyl halides is 3. The van der Waals surface area contributed by atoms with Gasteiger partial charge >= 0.3 is 6.18 Å². The Morgan fingerprint density at radius 1 is 1.26 bits per heavy atom. The van der Waals surface area contributed by atoms with E-state index in [1.807, 2.05) is 11.4 Å². The molecule has 0 spiro atoms. The molecular weight excluding hydrogens is 349 g/mol. The first kappa shape index (κ1) is 15.9. The SMILES string of the molecule is Cn1c(C(=O)Nc2ccc(Cl)c(C(F)(F)F)c2)cc2sccc21. The predicted octanol–water partition coefficient (Wildman–Crippen LogP) is 5.16. The first-order valence-corrected chi connectivity index (χ1v) is 7.74. The molecule has 3 nitrogen and oxygen atoms in total. The van der Waals surface area contributed by atoms with Gasteiger partial charge in [-0.05, 0) is 35.7 Å². The lowest BCUT2D eigenvalue weighted by Crippen LogP contribution is -2.16. The number of amides is 1. The molecule has 0 unspecified atom stereocenters. The summed E-state index contributed by atoms with van der Waals surface area (Å²) < 4.78 is 41.2. The number of aromatic nitrogens is 1. The molecule has 2 heterocycles. The smallest absolute Gasteiger partial charge is 0.339 e. The van der Waals surface area contributed by atoms with Crippen LogP contribution in [0.25, 0.3) is 10.2 Å². The second kappa shape index (κ2) is 5.58. The van der Waals surface area contributed by atoms with Crippen LogP contribution in [0.4, 0.5) is 18.9 Å². The molecule has 3 rings (SSSR count). The van der Waals surface area contributed by atoms with E-state index in [1.54, 1.807) is 17.7 Å². The van der Waals surface area contributed by atoms with E-state index in [4.69, 9.17) is 11.6 Å². The molecule has 3 aromatic rings. The van der Waals surface area contributed by atoms with Crippen LogP contribution in [-0.2, 0) is 13.2 Å². The van der Waals surface area contributed by atoms with Gasteiger partial charge in [-0.15, -0.1) is 11.3 Å². The number of fused-ring (bicyclic) bond motifs is 1. The number of anilines is 1. The van der Waals surface area contributed by atoms with Gasteiger partial charge < -0.3 is 9.88 Å². The monoisotopic (exact) mass is 358 g/mol. The van der Waals surface area contributed by atoms with Crippen molar-refractivity contribution in [1.29, 1.82) is 0 Å². The maximum absolute atomic E-state index is 12.9. The van der Waals surface area contributed by atoms with Crippen LogP contribution in [0.3, 0.4) is 0 Å². The number of rotatable bonds is 2. The normalized spacial score (nSPS) is 11.9. The highest BCUT2D eigenvalue weighted by molar-refractivity contribution is 7.17. The van der Waals surface area contributed by atoms with Gasteiger partial charge in [0.2, 0.25) is 0 Å². The Balaban J connectivity index is 1.91. The Hall–Kier alpha value is -1.99. The van der Waals surface area contributed by atoms with Crippen LogP contribution in [0, 0.1) is 0 Å². The average molecular weight is 359 g/mol. The highest BCUT2D eigenvalue weighted by atomic mass is 35.5. The Morgan fingerprint density at radius 2 is 2.00 bits per heavy atom. The Bertz CT molecular complexity index is 898. The second-order valence-electron chi connectivity index (χ2n) is 4.91. The number of hydrogen-bond acceptors (Lipinski definition) is 2. The molecule has 0 atom stereocenters. The summed E-state index contributed by atoms with van der Waals surface area (Å²) in [6, 6.07) is 6.85. The molecule has 0 saturated carbocycles. The molecule has 1 aromatic carbocycles. The molecule has 0 aliphatic rings. The lowest BCUT2D eigenvalue weighted by Gasteiger charge is -2.12. The molecule has 2 aromatic heterocycles. The molecule has 0 saturated heterocycles. The van der Waals surface area contributed by atoms with Crippen LogP contribution < -0.4 is 5.32 Å². The number of aryl methyl sites for hydroxylation is 1. The summed E-state index contributed by atoms with van der Waals surface area (Å²) in [5.74, 6) is -0.480. The molecule has 23 heavy (non-hydrogen) atoms. The third kappa shape index (κ3) is 2.94. The summed E-state index contributed by atoms with van der Waals surface area (Å²) in [6.07, 6.45) is -4.58. The molecule has 0 aliphatic carbocycles. The number of benzene rings is 1. The topological polar surface area (TPSA) is 34.0 Å². The first-order chi connectivity index (χ1) is 10.8. The van der Waals surface area contributed by atoms with Gasteiger partial charge in [-0.25, -0.2) is 0 Å². The van der Waals surface area contributed by atoms with E-state index in [9.17, 15) is 18.0 Å². The minimum absolute atomic E-state index is 0.0382. The molecule has 0 bridgehead atoms. The minimum Gasteiger partial charge on any atom is -0.339 e. The van der Waals surface area contributed by atoms with Crippen molar-refractivity contribution in [2.75, 3.05) is 5.32 Å². The summed E-state index contributed by atoms with van der Waals surface area (Å²) in [5.41, 5.74) is 0.323. The predicted molar refractivity (Wildman–Crippen MR) is 85.2 cm³/mol. The molecular formula is C15H10ClF3N2OS. The third-order valence-electron chi connectivity index (χ3n) is 3.43. The summed E-state index contributed by atoms with van der Waals surface area (Å²) in [7, 11) is 1.73. The van der Waals surface area contributed by atoms with Crippen LogP contribution in [0.15, 0.2) is 35.7 Å². The molecule has 0 radical (unpaired) electrons. The Labute approximate surface area is 138 Å². The van der Waals surface area contributed by atoms with Crippen molar-refractivity contribution >= 4 is 44.7 Å². The van der Waals surface area contributed by atoms with Gasteiger partial charge in [0.05, 0.1) is 20.8 Å². The summed E-state index contributed by atoms with van der Waals surface area (Å²) in [5, 5.41) is 3.97. The van der Waals surface area contributed by atoms with Crippen LogP contribution >= 0.6 is 22.9 Å². The van der Waals surface area contributed by atoms with Crippen molar-refractivity contribution in [3.63, 3.8) is 0 Å². The summed E-state index contributed by atoms with van der Waals surface area (Å²) in [6.45, 7) is 0. The maximum Gasteiger partial charge on any atom is 0.417 e. The van der Waals surface area contributed by atoms with Crippen molar-refractivity contribution in [2.24, 2.45) is 7.05 Å². The zero-order chi connectivity index (χ0) is 16.8. The molecule has 120 valence electrons. The largest absolute Gasteiger partial charge is 0.417 e. The van der Waals surface area contributed by atoms with Crippen LogP contribution in [0.2, 0.25) is 5.02 Å². The number of carbonyl (C=O) groups is 1. The highest BCUT2D eigenvalue weighted by Crippen LogP contribution is 2.36. The maximum atomic E-state index is 12.9. The van der Waals surface area contributed by atoms with Gasteiger partial charge in [0.15, 0.2) is 0 Å². The van der Waals surface area contributed by atoms with E-state index < -0.39 is 22.7 Å². The summed E-state index contributed by atoms with van der Waals surface area (Å²) >= 11 is 7.05. The van der Waals surface area contributed by atoms with Crippen molar-refractivity contribution in [2.45, 2.75) is 6.18 Å². The molecule has 1 amide bonds. The van der Waals surface area contributed by atoms with Crippen LogP contribution in [0.5, 0.6) is 0 Å². The van der Waals surface area contributed by atoms with Gasteiger partial charge in [-0.3, -0.25) is 4.79 Å². The van der Waals surface area contributed by atoms with Crippen molar-refractivity contribution in [3.8, 4) is 0 Å². The average Bonchev–Trinajstić information content (AvgIpc) is 3.03. The lowest BCUT2D eigenvalue weighted by molar-refractivity contribution is -0.137. The highest BCUT2D eigenvalue weighted by Gasteiger charge is 2.33. The molecule has 8 heteroatoms. The van der Waals surface area contributed by atoms with Crippen molar-refractivity contribution in [1.82, 2.24) is 4.57 Å². The Morgan fingerprint density at radius 3 is 2.65 bits per heavy atom. The molecule has 1 N–H and O–H groups in total. The van der Waals surface area contributed by atoms with Crippen molar-refractivity contribution < 1.29 is 18.0 Å². The number of nitrogens with zero attached hydrogens (tertiary/aromatic N) is 1. The van der Waals surface area contributed by atoms with Crippen molar-refractivity contribution in [3.05, 3.63) is 52.0 Å².